The highest BCUT2D eigenvalue weighted by Crippen LogP contribution is 2.34. The molecule has 1 unspecified atom stereocenters. The highest BCUT2D eigenvalue weighted by Gasteiger charge is 2.33. The summed E-state index contributed by atoms with van der Waals surface area (Å²) in [4.78, 5) is 7.48. The number of oxazole rings is 1. The minimum atomic E-state index is -4.51. The first-order valence-corrected chi connectivity index (χ1v) is 6.66. The van der Waals surface area contributed by atoms with E-state index >= 15 is 0 Å². The first-order valence-electron chi connectivity index (χ1n) is 6.66. The van der Waals surface area contributed by atoms with Gasteiger partial charge in [-0.25, -0.2) is 4.98 Å². The highest BCUT2D eigenvalue weighted by atomic mass is 19.4. The fourth-order valence-electron chi connectivity index (χ4n) is 2.41. The van der Waals surface area contributed by atoms with Crippen LogP contribution in [0, 0.1) is 0 Å². The zero-order valence-electron chi connectivity index (χ0n) is 11.0. The number of halogens is 3. The van der Waals surface area contributed by atoms with Gasteiger partial charge in [0.15, 0.2) is 0 Å². The Morgan fingerprint density at radius 3 is 2.86 bits per heavy atom. The van der Waals surface area contributed by atoms with Gasteiger partial charge in [-0.05, 0) is 25.0 Å². The number of aromatic nitrogens is 2. The van der Waals surface area contributed by atoms with Crippen LogP contribution in [0.3, 0.4) is 0 Å². The third-order valence-electron chi connectivity index (χ3n) is 3.47. The number of aliphatic hydroxyl groups excluding tert-OH is 1. The second kappa shape index (κ2) is 5.14. The Morgan fingerprint density at radius 1 is 1.29 bits per heavy atom. The van der Waals surface area contributed by atoms with Crippen LogP contribution in [0.5, 0.6) is 0 Å². The minimum Gasteiger partial charge on any atom is -0.441 e. The molecule has 1 atom stereocenters. The average molecular weight is 298 g/mol. The normalized spacial score (nSPS) is 19.1. The van der Waals surface area contributed by atoms with Gasteiger partial charge in [0.2, 0.25) is 5.89 Å². The molecule has 4 nitrogen and oxygen atoms in total. The highest BCUT2D eigenvalue weighted by molar-refractivity contribution is 5.54. The summed E-state index contributed by atoms with van der Waals surface area (Å²) in [6.45, 7) is 0. The molecule has 0 radical (unpaired) electrons. The minimum absolute atomic E-state index is 0.0915. The van der Waals surface area contributed by atoms with Crippen LogP contribution < -0.4 is 0 Å². The van der Waals surface area contributed by atoms with Gasteiger partial charge in [0, 0.05) is 18.2 Å². The van der Waals surface area contributed by atoms with Gasteiger partial charge in [0.05, 0.1) is 6.10 Å². The molecule has 0 saturated heterocycles. The monoisotopic (exact) mass is 298 g/mol. The number of hydrogen-bond donors (Lipinski definition) is 1. The van der Waals surface area contributed by atoms with E-state index in [-0.39, 0.29) is 11.5 Å². The van der Waals surface area contributed by atoms with Crippen molar-refractivity contribution < 1.29 is 22.7 Å². The lowest BCUT2D eigenvalue weighted by molar-refractivity contribution is -0.141. The summed E-state index contributed by atoms with van der Waals surface area (Å²) in [6, 6.07) is 2.31. The summed E-state index contributed by atoms with van der Waals surface area (Å²) in [6.07, 6.45) is -1.20. The number of nitrogens with zero attached hydrogens (tertiary/aromatic N) is 2. The quantitative estimate of drug-likeness (QED) is 0.818. The molecule has 0 aromatic carbocycles. The Hall–Kier alpha value is -1.89. The summed E-state index contributed by atoms with van der Waals surface area (Å²) < 4.78 is 43.6. The zero-order valence-corrected chi connectivity index (χ0v) is 11.0. The van der Waals surface area contributed by atoms with Gasteiger partial charge < -0.3 is 9.52 Å². The molecule has 2 aromatic rings. The van der Waals surface area contributed by atoms with Crippen molar-refractivity contribution >= 4 is 0 Å². The zero-order chi connectivity index (χ0) is 15.0. The maximum atomic E-state index is 12.7. The molecule has 0 amide bonds. The predicted molar refractivity (Wildman–Crippen MR) is 67.3 cm³/mol. The van der Waals surface area contributed by atoms with Crippen molar-refractivity contribution in [3.05, 3.63) is 35.5 Å². The Bertz CT molecular complexity index is 652. The number of alkyl halides is 3. The molecule has 1 N–H and O–H groups in total. The second-order valence-corrected chi connectivity index (χ2v) is 5.02. The van der Waals surface area contributed by atoms with Crippen molar-refractivity contribution in [1.29, 1.82) is 0 Å². The smallest absolute Gasteiger partial charge is 0.433 e. The largest absolute Gasteiger partial charge is 0.441 e. The van der Waals surface area contributed by atoms with Crippen molar-refractivity contribution in [2.24, 2.45) is 0 Å². The maximum Gasteiger partial charge on any atom is 0.433 e. The molecular weight excluding hydrogens is 285 g/mol. The third kappa shape index (κ3) is 2.78. The lowest BCUT2D eigenvalue weighted by Crippen LogP contribution is -2.07. The van der Waals surface area contributed by atoms with E-state index < -0.39 is 18.0 Å². The Balaban J connectivity index is 2.00. The fourth-order valence-corrected chi connectivity index (χ4v) is 2.41. The van der Waals surface area contributed by atoms with Crippen LogP contribution in [0.25, 0.3) is 11.5 Å². The molecule has 0 saturated carbocycles. The molecule has 0 fully saturated rings. The van der Waals surface area contributed by atoms with Crippen LogP contribution in [-0.4, -0.2) is 15.1 Å². The van der Waals surface area contributed by atoms with Crippen LogP contribution in [0.4, 0.5) is 13.2 Å². The Kier molecular flexibility index (Phi) is 3.44. The van der Waals surface area contributed by atoms with E-state index in [9.17, 15) is 18.3 Å². The van der Waals surface area contributed by atoms with Crippen molar-refractivity contribution in [3.63, 3.8) is 0 Å². The van der Waals surface area contributed by atoms with Gasteiger partial charge in [-0.1, -0.05) is 6.42 Å². The Morgan fingerprint density at radius 2 is 2.10 bits per heavy atom. The number of hydrogen-bond acceptors (Lipinski definition) is 4. The van der Waals surface area contributed by atoms with Crippen LogP contribution in [0.2, 0.25) is 0 Å². The molecule has 21 heavy (non-hydrogen) atoms. The predicted octanol–water partition coefficient (Wildman–Crippen LogP) is 3.52. The van der Waals surface area contributed by atoms with E-state index in [2.05, 4.69) is 9.97 Å². The van der Waals surface area contributed by atoms with Crippen LogP contribution in [0.1, 0.15) is 42.5 Å². The van der Waals surface area contributed by atoms with Crippen LogP contribution >= 0.6 is 0 Å². The number of rotatable bonds is 1. The molecule has 0 bridgehead atoms. The van der Waals surface area contributed by atoms with E-state index in [4.69, 9.17) is 4.42 Å². The van der Waals surface area contributed by atoms with Gasteiger partial charge >= 0.3 is 6.18 Å². The van der Waals surface area contributed by atoms with Crippen molar-refractivity contribution in [1.82, 2.24) is 9.97 Å². The molecule has 2 heterocycles. The summed E-state index contributed by atoms with van der Waals surface area (Å²) in [5.74, 6) is 0.647. The van der Waals surface area contributed by atoms with Gasteiger partial charge in [0.25, 0.3) is 0 Å². The molecule has 1 aliphatic carbocycles. The van der Waals surface area contributed by atoms with Gasteiger partial charge in [0.1, 0.15) is 17.1 Å². The molecule has 2 aromatic heterocycles. The third-order valence-corrected chi connectivity index (χ3v) is 3.47. The van der Waals surface area contributed by atoms with Crippen LogP contribution in [0.15, 0.2) is 22.7 Å². The molecule has 1 aliphatic rings. The molecular formula is C14H13F3N2O2. The van der Waals surface area contributed by atoms with E-state index in [0.717, 1.165) is 25.1 Å². The summed E-state index contributed by atoms with van der Waals surface area (Å²) in [7, 11) is 0. The first-order chi connectivity index (χ1) is 9.95. The maximum absolute atomic E-state index is 12.7. The average Bonchev–Trinajstić information content (AvgIpc) is 2.80. The Labute approximate surface area is 118 Å². The van der Waals surface area contributed by atoms with Crippen LogP contribution in [-0.2, 0) is 12.6 Å². The van der Waals surface area contributed by atoms with Crippen molar-refractivity contribution in [3.8, 4) is 11.5 Å². The molecule has 0 aliphatic heterocycles. The topological polar surface area (TPSA) is 59.2 Å². The molecule has 7 heteroatoms. The fraction of sp³-hybridized carbons (Fsp3) is 0.429. The lowest BCUT2D eigenvalue weighted by Gasteiger charge is -2.06. The molecule has 0 spiro atoms. The number of pyridine rings is 1. The number of fused-ring (bicyclic) bond motifs is 1. The van der Waals surface area contributed by atoms with Gasteiger partial charge in [-0.15, -0.1) is 0 Å². The first kappa shape index (κ1) is 14.1. The van der Waals surface area contributed by atoms with Gasteiger partial charge in [-0.2, -0.15) is 13.2 Å². The SMILES string of the molecule is OC1CCCCc2oc(-c3ccnc(C(F)(F)F)c3)nc21. The molecule has 112 valence electrons. The van der Waals surface area contributed by atoms with Crippen molar-refractivity contribution in [2.45, 2.75) is 38.0 Å². The molecule has 3 rings (SSSR count). The van der Waals surface area contributed by atoms with Gasteiger partial charge in [-0.3, -0.25) is 4.98 Å². The van der Waals surface area contributed by atoms with Crippen molar-refractivity contribution in [2.75, 3.05) is 0 Å². The summed E-state index contributed by atoms with van der Waals surface area (Å²) >= 11 is 0. The standard InChI is InChI=1S/C14H13F3N2O2/c15-14(16,17)11-7-8(5-6-18-11)13-19-12-9(20)3-1-2-4-10(12)21-13/h5-7,9,20H,1-4H2. The van der Waals surface area contributed by atoms with E-state index in [1.54, 1.807) is 0 Å². The number of aliphatic hydroxyl groups is 1. The number of aryl methyl sites for hydroxylation is 1. The summed E-state index contributed by atoms with van der Waals surface area (Å²) in [5, 5.41) is 9.97. The summed E-state index contributed by atoms with van der Waals surface area (Å²) in [5.41, 5.74) is -0.348. The second-order valence-electron chi connectivity index (χ2n) is 5.02. The lowest BCUT2D eigenvalue weighted by atomic mass is 10.1. The van der Waals surface area contributed by atoms with E-state index in [1.165, 1.54) is 6.07 Å². The van der Waals surface area contributed by atoms with E-state index in [1.807, 2.05) is 0 Å². The van der Waals surface area contributed by atoms with E-state index in [0.29, 0.717) is 24.3 Å².